The Morgan fingerprint density at radius 1 is 1.24 bits per heavy atom. The van der Waals surface area contributed by atoms with Crippen LogP contribution in [0.4, 0.5) is 16.0 Å². The average Bonchev–Trinajstić information content (AvgIpc) is 2.81. The van der Waals surface area contributed by atoms with Crippen molar-refractivity contribution in [3.05, 3.63) is 75.9 Å². The first-order valence-corrected chi connectivity index (χ1v) is 10.4. The van der Waals surface area contributed by atoms with E-state index in [0.29, 0.717) is 21.6 Å². The number of aliphatic hydroxyl groups excluding tert-OH is 1. The second-order valence-corrected chi connectivity index (χ2v) is 7.92. The van der Waals surface area contributed by atoms with E-state index < -0.39 is 23.8 Å². The summed E-state index contributed by atoms with van der Waals surface area (Å²) in [5.41, 5.74) is -0.544. The normalized spacial score (nSPS) is 12.9. The monoisotopic (exact) mass is 486 g/mol. The van der Waals surface area contributed by atoms with Crippen LogP contribution in [0.15, 0.2) is 59.5 Å². The number of fused-ring (bicyclic) bond motifs is 1. The number of benzene rings is 2. The van der Waals surface area contributed by atoms with Gasteiger partial charge in [0.25, 0.3) is 11.3 Å². The van der Waals surface area contributed by atoms with Gasteiger partial charge in [-0.3, -0.25) is 4.79 Å². The fourth-order valence-electron chi connectivity index (χ4n) is 3.20. The molecule has 0 aliphatic rings. The van der Waals surface area contributed by atoms with Crippen molar-refractivity contribution in [3.63, 3.8) is 0 Å². The summed E-state index contributed by atoms with van der Waals surface area (Å²) in [7, 11) is 1.54. The van der Waals surface area contributed by atoms with Crippen molar-refractivity contribution in [2.45, 2.75) is 12.7 Å². The van der Waals surface area contributed by atoms with Crippen molar-refractivity contribution in [2.75, 3.05) is 19.0 Å². The lowest BCUT2D eigenvalue weighted by Gasteiger charge is -2.23. The fraction of sp³-hybridized carbons (Fsp3) is 0.174. The Balaban J connectivity index is 1.91. The van der Waals surface area contributed by atoms with Gasteiger partial charge in [-0.2, -0.15) is 4.98 Å². The van der Waals surface area contributed by atoms with Crippen LogP contribution < -0.4 is 20.5 Å². The lowest BCUT2D eigenvalue weighted by molar-refractivity contribution is -0.211. The van der Waals surface area contributed by atoms with E-state index in [1.807, 2.05) is 0 Å². The van der Waals surface area contributed by atoms with E-state index in [4.69, 9.17) is 21.2 Å². The van der Waals surface area contributed by atoms with E-state index >= 15 is 0 Å². The molecule has 11 heteroatoms. The minimum atomic E-state index is -2.14. The largest absolute Gasteiger partial charge is 0.497 e. The zero-order chi connectivity index (χ0) is 24.5. The summed E-state index contributed by atoms with van der Waals surface area (Å²) in [6.07, 6.45) is 1.40. The molecule has 4 rings (SSSR count). The topological polar surface area (TPSA) is 119 Å². The molecule has 0 bridgehead atoms. The van der Waals surface area contributed by atoms with Gasteiger partial charge in [0.15, 0.2) is 5.65 Å². The average molecular weight is 487 g/mol. The van der Waals surface area contributed by atoms with Crippen LogP contribution in [0.5, 0.6) is 5.75 Å². The van der Waals surface area contributed by atoms with Gasteiger partial charge in [0.2, 0.25) is 5.95 Å². The van der Waals surface area contributed by atoms with Crippen molar-refractivity contribution in [1.82, 2.24) is 14.7 Å². The molecular weight excluding hydrogens is 467 g/mol. The number of rotatable bonds is 7. The van der Waals surface area contributed by atoms with Crippen LogP contribution in [0.3, 0.4) is 0 Å². The number of aromatic nitrogens is 3. The predicted octanol–water partition coefficient (Wildman–Crippen LogP) is 3.13. The summed E-state index contributed by atoms with van der Waals surface area (Å²) in [5, 5.41) is 23.0. The van der Waals surface area contributed by atoms with Gasteiger partial charge in [0, 0.05) is 35.8 Å². The van der Waals surface area contributed by atoms with Crippen molar-refractivity contribution >= 4 is 34.3 Å². The first-order chi connectivity index (χ1) is 16.2. The minimum absolute atomic E-state index is 0.00847. The molecule has 0 radical (unpaired) electrons. The summed E-state index contributed by atoms with van der Waals surface area (Å²) >= 11 is 6.17. The Kier molecular flexibility index (Phi) is 6.38. The Labute approximate surface area is 198 Å². The number of nitrogens with zero attached hydrogens (tertiary/aromatic N) is 3. The molecule has 4 aromatic rings. The third-order valence-electron chi connectivity index (χ3n) is 4.84. The number of hydrogen-bond acceptors (Lipinski definition) is 8. The molecule has 0 aliphatic heterocycles. The van der Waals surface area contributed by atoms with Crippen LogP contribution >= 0.6 is 11.6 Å². The summed E-state index contributed by atoms with van der Waals surface area (Å²) in [5.74, 6) is -2.14. The van der Waals surface area contributed by atoms with Gasteiger partial charge in [0.1, 0.15) is 18.2 Å². The Bertz CT molecular complexity index is 1410. The number of aliphatic hydroxyl groups is 2. The second kappa shape index (κ2) is 9.26. The Hall–Kier alpha value is -3.73. The molecule has 0 fully saturated rings. The minimum Gasteiger partial charge on any atom is -0.497 e. The summed E-state index contributed by atoms with van der Waals surface area (Å²) in [4.78, 5) is 27.3. The smallest absolute Gasteiger partial charge is 0.293 e. The van der Waals surface area contributed by atoms with Crippen molar-refractivity contribution < 1.29 is 24.2 Å². The first kappa shape index (κ1) is 23.4. The maximum atomic E-state index is 14.6. The molecule has 2 aromatic heterocycles. The highest BCUT2D eigenvalue weighted by Gasteiger charge is 2.26. The maximum Gasteiger partial charge on any atom is 0.293 e. The molecule has 3 N–H and O–H groups in total. The first-order valence-electron chi connectivity index (χ1n) is 10.0. The predicted molar refractivity (Wildman–Crippen MR) is 125 cm³/mol. The van der Waals surface area contributed by atoms with Gasteiger partial charge in [-0.1, -0.05) is 23.7 Å². The molecule has 0 saturated heterocycles. The van der Waals surface area contributed by atoms with Crippen LogP contribution in [0.2, 0.25) is 5.02 Å². The molecule has 1 atom stereocenters. The molecule has 0 saturated carbocycles. The number of methoxy groups -OCH3 is 1. The zero-order valence-corrected chi connectivity index (χ0v) is 18.9. The SMILES string of the molecule is COc1cccc(Nc2ncc3cc(-c4c(F)cccc4Cl)c(=O)n(O[C@@](C)(O)CO)c3n2)c1. The number of hydrogen-bond donors (Lipinski definition) is 3. The van der Waals surface area contributed by atoms with Crippen molar-refractivity contribution in [1.29, 1.82) is 0 Å². The summed E-state index contributed by atoms with van der Waals surface area (Å²) in [6.45, 7) is 0.330. The number of pyridine rings is 1. The summed E-state index contributed by atoms with van der Waals surface area (Å²) in [6, 6.07) is 12.4. The molecular formula is C23H20ClFN4O5. The number of nitrogens with one attached hydrogen (secondary N) is 1. The molecule has 34 heavy (non-hydrogen) atoms. The van der Waals surface area contributed by atoms with E-state index in [-0.39, 0.29) is 27.7 Å². The van der Waals surface area contributed by atoms with Gasteiger partial charge in [0.05, 0.1) is 17.7 Å². The van der Waals surface area contributed by atoms with E-state index in [2.05, 4.69) is 15.3 Å². The van der Waals surface area contributed by atoms with Crippen molar-refractivity contribution in [3.8, 4) is 16.9 Å². The maximum absolute atomic E-state index is 14.6. The molecule has 9 nitrogen and oxygen atoms in total. The van der Waals surface area contributed by atoms with Crippen LogP contribution in [0.25, 0.3) is 22.2 Å². The van der Waals surface area contributed by atoms with E-state index in [1.54, 1.807) is 24.3 Å². The van der Waals surface area contributed by atoms with Crippen LogP contribution in [0, 0.1) is 5.82 Å². The molecule has 0 aliphatic carbocycles. The van der Waals surface area contributed by atoms with Gasteiger partial charge >= 0.3 is 0 Å². The van der Waals surface area contributed by atoms with E-state index in [0.717, 1.165) is 13.0 Å². The van der Waals surface area contributed by atoms with E-state index in [1.165, 1.54) is 31.5 Å². The lowest BCUT2D eigenvalue weighted by atomic mass is 10.1. The molecule has 2 heterocycles. The molecule has 2 aromatic carbocycles. The van der Waals surface area contributed by atoms with Gasteiger partial charge in [-0.15, -0.1) is 4.73 Å². The number of anilines is 2. The van der Waals surface area contributed by atoms with Crippen LogP contribution in [0.1, 0.15) is 6.92 Å². The summed E-state index contributed by atoms with van der Waals surface area (Å²) < 4.78 is 20.5. The highest BCUT2D eigenvalue weighted by atomic mass is 35.5. The van der Waals surface area contributed by atoms with Crippen molar-refractivity contribution in [2.24, 2.45) is 0 Å². The number of halogens is 2. The third kappa shape index (κ3) is 4.65. The van der Waals surface area contributed by atoms with Gasteiger partial charge in [-0.05, 0) is 30.3 Å². The standard InChI is InChI=1S/C23H20ClFN4O5/c1-23(32,12-30)34-29-20-13(9-16(21(29)31)19-17(24)7-4-8-18(19)25)11-26-22(28-20)27-14-5-3-6-15(10-14)33-2/h3-11,30,32H,12H2,1-2H3,(H,26,27,28)/t23-/m1/s1. The highest BCUT2D eigenvalue weighted by Crippen LogP contribution is 2.30. The quantitative estimate of drug-likeness (QED) is 0.341. The molecule has 0 spiro atoms. The molecule has 0 amide bonds. The van der Waals surface area contributed by atoms with Crippen LogP contribution in [-0.4, -0.2) is 44.4 Å². The third-order valence-corrected chi connectivity index (χ3v) is 5.16. The molecule has 0 unspecified atom stereocenters. The Morgan fingerprint density at radius 2 is 2.00 bits per heavy atom. The van der Waals surface area contributed by atoms with Gasteiger partial charge < -0.3 is 25.1 Å². The zero-order valence-electron chi connectivity index (χ0n) is 18.1. The number of ether oxygens (including phenoxy) is 1. The fourth-order valence-corrected chi connectivity index (χ4v) is 3.47. The Morgan fingerprint density at radius 3 is 2.71 bits per heavy atom. The highest BCUT2D eigenvalue weighted by molar-refractivity contribution is 6.33. The second-order valence-electron chi connectivity index (χ2n) is 7.51. The van der Waals surface area contributed by atoms with Crippen LogP contribution in [-0.2, 0) is 0 Å². The lowest BCUT2D eigenvalue weighted by Crippen LogP contribution is -2.45. The van der Waals surface area contributed by atoms with Gasteiger partial charge in [-0.25, -0.2) is 9.37 Å². The van der Waals surface area contributed by atoms with E-state index in [9.17, 15) is 19.4 Å². The molecule has 176 valence electrons.